The fraction of sp³-hybridized carbons (Fsp3) is 0.944. The smallest absolute Gasteiger partial charge is 0.193 e. The highest BCUT2D eigenvalue weighted by Crippen LogP contribution is 2.35. The largest absolute Gasteiger partial charge is 0.355 e. The summed E-state index contributed by atoms with van der Waals surface area (Å²) in [5.41, 5.74) is 0. The van der Waals surface area contributed by atoms with Crippen molar-refractivity contribution in [3.63, 3.8) is 0 Å². The van der Waals surface area contributed by atoms with Crippen molar-refractivity contribution in [3.05, 3.63) is 0 Å². The minimum Gasteiger partial charge on any atom is -0.355 e. The number of guanidine groups is 1. The van der Waals surface area contributed by atoms with E-state index in [4.69, 9.17) is 0 Å². The Kier molecular flexibility index (Phi) is 5.99. The van der Waals surface area contributed by atoms with Gasteiger partial charge in [-0.25, -0.2) is 0 Å². The second-order valence-corrected chi connectivity index (χ2v) is 7.44. The fourth-order valence-electron chi connectivity index (χ4n) is 4.60. The molecule has 4 nitrogen and oxygen atoms in total. The lowest BCUT2D eigenvalue weighted by molar-refractivity contribution is 0.288. The molecule has 3 aliphatic rings. The van der Waals surface area contributed by atoms with Crippen LogP contribution in [0.4, 0.5) is 0 Å². The van der Waals surface area contributed by atoms with Crippen molar-refractivity contribution in [1.82, 2.24) is 15.1 Å². The zero-order valence-electron chi connectivity index (χ0n) is 14.4. The number of hydrogen-bond donors (Lipinski definition) is 1. The van der Waals surface area contributed by atoms with Crippen molar-refractivity contribution >= 4 is 5.96 Å². The van der Waals surface area contributed by atoms with E-state index in [1.165, 1.54) is 84.1 Å². The Morgan fingerprint density at radius 2 is 1.59 bits per heavy atom. The summed E-state index contributed by atoms with van der Waals surface area (Å²) in [6, 6.07) is 0. The van der Waals surface area contributed by atoms with Gasteiger partial charge < -0.3 is 15.1 Å². The quantitative estimate of drug-likeness (QED) is 0.642. The van der Waals surface area contributed by atoms with Crippen molar-refractivity contribution < 1.29 is 0 Å². The van der Waals surface area contributed by atoms with E-state index in [9.17, 15) is 0 Å². The Labute approximate surface area is 136 Å². The van der Waals surface area contributed by atoms with Crippen molar-refractivity contribution in [2.75, 3.05) is 46.3 Å². The first-order valence-corrected chi connectivity index (χ1v) is 9.55. The summed E-state index contributed by atoms with van der Waals surface area (Å²) < 4.78 is 0. The van der Waals surface area contributed by atoms with Crippen LogP contribution in [0.15, 0.2) is 4.99 Å². The second kappa shape index (κ2) is 8.19. The molecule has 0 bridgehead atoms. The standard InChI is InChI=1S/C18H34N4/c1-19-18(20-10-13-21-11-6-2-3-7-12-21)22-14-16-8-4-5-9-17(16)15-22/h16-17H,2-15H2,1H3,(H,19,20). The molecule has 2 atom stereocenters. The molecule has 2 aliphatic heterocycles. The van der Waals surface area contributed by atoms with Gasteiger partial charge in [-0.3, -0.25) is 4.99 Å². The highest BCUT2D eigenvalue weighted by molar-refractivity contribution is 5.80. The van der Waals surface area contributed by atoms with E-state index in [0.717, 1.165) is 24.3 Å². The maximum Gasteiger partial charge on any atom is 0.193 e. The molecule has 0 aromatic rings. The lowest BCUT2D eigenvalue weighted by atomic mass is 9.82. The van der Waals surface area contributed by atoms with E-state index in [2.05, 4.69) is 20.1 Å². The van der Waals surface area contributed by atoms with Crippen LogP contribution in [0, 0.1) is 11.8 Å². The molecule has 22 heavy (non-hydrogen) atoms. The van der Waals surface area contributed by atoms with Crippen molar-refractivity contribution in [2.45, 2.75) is 51.4 Å². The lowest BCUT2D eigenvalue weighted by Crippen LogP contribution is -2.43. The zero-order valence-corrected chi connectivity index (χ0v) is 14.4. The molecule has 0 amide bonds. The van der Waals surface area contributed by atoms with Crippen LogP contribution in [-0.4, -0.2) is 62.1 Å². The molecule has 3 rings (SSSR count). The van der Waals surface area contributed by atoms with E-state index in [1.807, 2.05) is 7.05 Å². The van der Waals surface area contributed by atoms with Gasteiger partial charge in [0.15, 0.2) is 5.96 Å². The average Bonchev–Trinajstić information content (AvgIpc) is 2.80. The van der Waals surface area contributed by atoms with Crippen LogP contribution in [0.2, 0.25) is 0 Å². The van der Waals surface area contributed by atoms with Crippen LogP contribution in [0.1, 0.15) is 51.4 Å². The lowest BCUT2D eigenvalue weighted by Gasteiger charge is -2.24. The van der Waals surface area contributed by atoms with Crippen LogP contribution in [0.5, 0.6) is 0 Å². The maximum absolute atomic E-state index is 4.54. The van der Waals surface area contributed by atoms with Gasteiger partial charge in [-0.05, 0) is 50.6 Å². The molecule has 2 unspecified atom stereocenters. The van der Waals surface area contributed by atoms with Gasteiger partial charge in [0, 0.05) is 33.2 Å². The zero-order chi connectivity index (χ0) is 15.2. The van der Waals surface area contributed by atoms with Crippen LogP contribution in [0.3, 0.4) is 0 Å². The molecular weight excluding hydrogens is 272 g/mol. The van der Waals surface area contributed by atoms with Gasteiger partial charge in [-0.1, -0.05) is 25.7 Å². The average molecular weight is 306 g/mol. The van der Waals surface area contributed by atoms with Gasteiger partial charge in [0.2, 0.25) is 0 Å². The van der Waals surface area contributed by atoms with Crippen molar-refractivity contribution in [2.24, 2.45) is 16.8 Å². The fourth-order valence-corrected chi connectivity index (χ4v) is 4.60. The van der Waals surface area contributed by atoms with Gasteiger partial charge in [-0.15, -0.1) is 0 Å². The third kappa shape index (κ3) is 4.15. The van der Waals surface area contributed by atoms with Crippen molar-refractivity contribution in [1.29, 1.82) is 0 Å². The minimum absolute atomic E-state index is 0.929. The summed E-state index contributed by atoms with van der Waals surface area (Å²) >= 11 is 0. The molecular formula is C18H34N4. The SMILES string of the molecule is CN=C(NCCN1CCCCCC1)N1CC2CCCCC2C1. The molecule has 4 heteroatoms. The molecule has 2 heterocycles. The van der Waals surface area contributed by atoms with Gasteiger partial charge in [0.25, 0.3) is 0 Å². The molecule has 1 aliphatic carbocycles. The number of rotatable bonds is 3. The summed E-state index contributed by atoms with van der Waals surface area (Å²) in [5.74, 6) is 3.00. The Bertz CT molecular complexity index is 346. The summed E-state index contributed by atoms with van der Waals surface area (Å²) in [4.78, 5) is 9.68. The summed E-state index contributed by atoms with van der Waals surface area (Å²) in [6.45, 7) is 7.24. The monoisotopic (exact) mass is 306 g/mol. The minimum atomic E-state index is 0.929. The third-order valence-corrected chi connectivity index (χ3v) is 5.90. The predicted octanol–water partition coefficient (Wildman–Crippen LogP) is 2.56. The molecule has 2 saturated heterocycles. The normalized spacial score (nSPS) is 31.0. The molecule has 1 N–H and O–H groups in total. The van der Waals surface area contributed by atoms with Gasteiger partial charge in [0.1, 0.15) is 0 Å². The molecule has 1 saturated carbocycles. The van der Waals surface area contributed by atoms with Crippen LogP contribution >= 0.6 is 0 Å². The van der Waals surface area contributed by atoms with Gasteiger partial charge in [0.05, 0.1) is 0 Å². The Hall–Kier alpha value is -0.770. The number of aliphatic imine (C=N–C) groups is 1. The number of hydrogen-bond acceptors (Lipinski definition) is 2. The first-order valence-electron chi connectivity index (χ1n) is 9.55. The molecule has 0 aromatic heterocycles. The van der Waals surface area contributed by atoms with Crippen LogP contribution in [-0.2, 0) is 0 Å². The first kappa shape index (κ1) is 16.1. The molecule has 0 aromatic carbocycles. The van der Waals surface area contributed by atoms with Gasteiger partial charge in [-0.2, -0.15) is 0 Å². The van der Waals surface area contributed by atoms with Crippen LogP contribution < -0.4 is 5.32 Å². The number of fused-ring (bicyclic) bond motifs is 1. The molecule has 126 valence electrons. The molecule has 3 fully saturated rings. The number of nitrogens with zero attached hydrogens (tertiary/aromatic N) is 3. The van der Waals surface area contributed by atoms with E-state index < -0.39 is 0 Å². The van der Waals surface area contributed by atoms with E-state index in [0.29, 0.717) is 0 Å². The summed E-state index contributed by atoms with van der Waals surface area (Å²) in [7, 11) is 1.94. The molecule has 0 radical (unpaired) electrons. The molecule has 0 spiro atoms. The van der Waals surface area contributed by atoms with E-state index >= 15 is 0 Å². The number of nitrogens with one attached hydrogen (secondary N) is 1. The van der Waals surface area contributed by atoms with Gasteiger partial charge >= 0.3 is 0 Å². The Balaban J connectivity index is 1.42. The topological polar surface area (TPSA) is 30.9 Å². The first-order chi connectivity index (χ1) is 10.9. The second-order valence-electron chi connectivity index (χ2n) is 7.44. The Morgan fingerprint density at radius 1 is 0.955 bits per heavy atom. The Morgan fingerprint density at radius 3 is 2.18 bits per heavy atom. The highest BCUT2D eigenvalue weighted by Gasteiger charge is 2.35. The van der Waals surface area contributed by atoms with E-state index in [-0.39, 0.29) is 0 Å². The van der Waals surface area contributed by atoms with Crippen molar-refractivity contribution in [3.8, 4) is 0 Å². The third-order valence-electron chi connectivity index (χ3n) is 5.90. The highest BCUT2D eigenvalue weighted by atomic mass is 15.3. The van der Waals surface area contributed by atoms with Crippen LogP contribution in [0.25, 0.3) is 0 Å². The summed E-state index contributed by atoms with van der Waals surface area (Å²) in [5, 5.41) is 3.62. The number of likely N-dealkylation sites (tertiary alicyclic amines) is 2. The predicted molar refractivity (Wildman–Crippen MR) is 93.3 cm³/mol. The summed E-state index contributed by atoms with van der Waals surface area (Å²) in [6.07, 6.45) is 11.3. The van der Waals surface area contributed by atoms with E-state index in [1.54, 1.807) is 0 Å². The maximum atomic E-state index is 4.54.